The van der Waals surface area contributed by atoms with Crippen molar-refractivity contribution >= 4 is 35.1 Å². The first-order valence-electron chi connectivity index (χ1n) is 13.6. The number of allylic oxidation sites excluding steroid dienone is 4. The molecule has 2 nitrogen and oxygen atoms in total. The third kappa shape index (κ3) is 23.7. The standard InChI is InChI=1S/C12H24N.C9H11O.C9H13.CH5Si.2ClH.Hf/c13-12-10-8-6-4-2-1-3-5-7-9-11-12;1-2-8-10-9-6-4-3-5-7-9;1-6-5-7(2)9(4)8(6)3;1-2;;;/h12-13H,1-11H2;3-7H,1-2,8H2;6H,1-4H3;2H2,1H3;2*1H;/q3*-1;;;;. The van der Waals surface area contributed by atoms with Gasteiger partial charge in [0, 0.05) is 36.1 Å². The molecule has 3 rings (SSSR count). The van der Waals surface area contributed by atoms with E-state index in [4.69, 9.17) is 10.5 Å². The van der Waals surface area contributed by atoms with Crippen LogP contribution >= 0.6 is 24.8 Å². The topological polar surface area (TPSA) is 33.0 Å². The van der Waals surface area contributed by atoms with Crippen molar-refractivity contribution in [3.8, 4) is 5.75 Å². The average Bonchev–Trinajstić information content (AvgIpc) is 3.08. The van der Waals surface area contributed by atoms with Crippen LogP contribution in [0.15, 0.2) is 47.1 Å². The molecule has 1 aromatic carbocycles. The maximum absolute atomic E-state index is 7.80. The molecular formula is C31H55Cl2HfNOSi-3. The molecule has 1 fully saturated rings. The van der Waals surface area contributed by atoms with Crippen LogP contribution in [0.2, 0.25) is 6.55 Å². The summed E-state index contributed by atoms with van der Waals surface area (Å²) in [6, 6.07) is 10.0. The maximum Gasteiger partial charge on any atom is 0.119 e. The fourth-order valence-corrected chi connectivity index (χ4v) is 4.03. The molecule has 0 aliphatic heterocycles. The Morgan fingerprint density at radius 3 is 1.62 bits per heavy atom. The van der Waals surface area contributed by atoms with Crippen LogP contribution in [0.1, 0.15) is 105 Å². The Labute approximate surface area is 265 Å². The van der Waals surface area contributed by atoms with Gasteiger partial charge in [-0.3, -0.25) is 6.08 Å². The van der Waals surface area contributed by atoms with Gasteiger partial charge in [0.25, 0.3) is 0 Å². The van der Waals surface area contributed by atoms with Gasteiger partial charge in [-0.2, -0.15) is 11.1 Å². The number of rotatable bonds is 3. The minimum Gasteiger partial charge on any atom is -0.675 e. The summed E-state index contributed by atoms with van der Waals surface area (Å²) in [6.45, 7) is 15.1. The third-order valence-corrected chi connectivity index (χ3v) is 6.50. The minimum absolute atomic E-state index is 0. The molecule has 0 saturated heterocycles. The normalized spacial score (nSPS) is 17.9. The van der Waals surface area contributed by atoms with Crippen LogP contribution in [0, 0.1) is 18.9 Å². The molecule has 0 aromatic heterocycles. The molecule has 1 aromatic rings. The molecule has 0 spiro atoms. The van der Waals surface area contributed by atoms with E-state index in [1.807, 2.05) is 47.1 Å². The summed E-state index contributed by atoms with van der Waals surface area (Å²) in [5.41, 5.74) is 12.0. The summed E-state index contributed by atoms with van der Waals surface area (Å²) in [6.07, 6.45) is 19.0. The zero-order valence-corrected chi connectivity index (χ0v) is 31.0. The maximum atomic E-state index is 7.80. The molecule has 2 aliphatic rings. The Kier molecular flexibility index (Phi) is 36.6. The van der Waals surface area contributed by atoms with Crippen molar-refractivity contribution in [1.29, 1.82) is 0 Å². The van der Waals surface area contributed by atoms with Gasteiger partial charge < -0.3 is 17.4 Å². The zero-order chi connectivity index (χ0) is 25.6. The zero-order valence-electron chi connectivity index (χ0n) is 24.4. The number of ether oxygens (including phenoxy) is 1. The Balaban J connectivity index is -0.000000208. The van der Waals surface area contributed by atoms with Crippen LogP contribution in [0.25, 0.3) is 5.73 Å². The van der Waals surface area contributed by atoms with Crippen LogP contribution in [-0.4, -0.2) is 22.9 Å². The van der Waals surface area contributed by atoms with Crippen LogP contribution < -0.4 is 4.74 Å². The van der Waals surface area contributed by atoms with E-state index in [1.54, 1.807) is 0 Å². The molecule has 1 saturated carbocycles. The second-order valence-electron chi connectivity index (χ2n) is 9.27. The molecular weight excluding hydrogens is 680 g/mol. The fourth-order valence-electron chi connectivity index (χ4n) is 4.03. The predicted molar refractivity (Wildman–Crippen MR) is 170 cm³/mol. The van der Waals surface area contributed by atoms with Crippen molar-refractivity contribution in [1.82, 2.24) is 0 Å². The van der Waals surface area contributed by atoms with Crippen molar-refractivity contribution < 1.29 is 30.6 Å². The smallest absolute Gasteiger partial charge is 0.119 e. The second-order valence-corrected chi connectivity index (χ2v) is 9.27. The van der Waals surface area contributed by atoms with Gasteiger partial charge in [0.15, 0.2) is 0 Å². The third-order valence-electron chi connectivity index (χ3n) is 6.50. The van der Waals surface area contributed by atoms with Gasteiger partial charge in [0.05, 0.1) is 6.61 Å². The minimum atomic E-state index is 0. The van der Waals surface area contributed by atoms with Gasteiger partial charge in [0.2, 0.25) is 0 Å². The molecule has 1 radical (unpaired) electrons. The summed E-state index contributed by atoms with van der Waals surface area (Å²) in [4.78, 5) is 0. The fraction of sp³-hybridized carbons (Fsp3) is 0.645. The van der Waals surface area contributed by atoms with E-state index < -0.39 is 0 Å². The van der Waals surface area contributed by atoms with E-state index in [1.165, 1.54) is 74.5 Å². The number of hydrogen-bond donors (Lipinski definition) is 0. The van der Waals surface area contributed by atoms with Crippen molar-refractivity contribution in [2.45, 2.75) is 117 Å². The summed E-state index contributed by atoms with van der Waals surface area (Å²) < 4.78 is 5.29. The van der Waals surface area contributed by atoms with Gasteiger partial charge in [-0.1, -0.05) is 122 Å². The summed E-state index contributed by atoms with van der Waals surface area (Å²) >= 11 is 0. The Hall–Kier alpha value is 0.127. The van der Waals surface area contributed by atoms with Crippen LogP contribution in [-0.2, 0) is 25.8 Å². The number of halogens is 2. The van der Waals surface area contributed by atoms with Gasteiger partial charge in [0.1, 0.15) is 5.75 Å². The van der Waals surface area contributed by atoms with Crippen LogP contribution in [0.3, 0.4) is 0 Å². The van der Waals surface area contributed by atoms with E-state index >= 15 is 0 Å². The molecule has 1 N–H and O–H groups in total. The Morgan fingerprint density at radius 2 is 1.30 bits per heavy atom. The first-order chi connectivity index (χ1) is 16.5. The number of hydrogen-bond acceptors (Lipinski definition) is 1. The van der Waals surface area contributed by atoms with Crippen molar-refractivity contribution in [3.05, 3.63) is 65.8 Å². The molecule has 1 atom stereocenters. The van der Waals surface area contributed by atoms with E-state index in [9.17, 15) is 0 Å². The van der Waals surface area contributed by atoms with Crippen LogP contribution in [0.4, 0.5) is 0 Å². The number of nitrogens with one attached hydrogen (secondary N) is 1. The monoisotopic (exact) mass is 735 g/mol. The quantitative estimate of drug-likeness (QED) is 0.225. The predicted octanol–water partition coefficient (Wildman–Crippen LogP) is 10.2. The van der Waals surface area contributed by atoms with Gasteiger partial charge in [-0.05, 0) is 12.1 Å². The first kappa shape index (κ1) is 44.2. The largest absolute Gasteiger partial charge is 0.675 e. The molecule has 0 bridgehead atoms. The van der Waals surface area contributed by atoms with E-state index in [0.717, 1.165) is 25.0 Å². The summed E-state index contributed by atoms with van der Waals surface area (Å²) in [5.74, 6) is 1.48. The molecule has 0 heterocycles. The SMILES string of the molecule is CC1=[C-]C(C)C(C)=C1C.C[SiH2].Cl.Cl.[CH2-]CCOc1ccccc1.[Hf].[NH-]C1CCCCCCCCCCC1. The second kappa shape index (κ2) is 30.7. The number of benzene rings is 1. The molecule has 37 heavy (non-hydrogen) atoms. The molecule has 1 unspecified atom stereocenters. The molecule has 2 aliphatic carbocycles. The van der Waals surface area contributed by atoms with Gasteiger partial charge in [-0.25, -0.2) is 5.57 Å². The molecule has 6 heteroatoms. The first-order valence-corrected chi connectivity index (χ1v) is 15.0. The molecule has 0 amide bonds. The molecule has 215 valence electrons. The summed E-state index contributed by atoms with van der Waals surface area (Å²) in [5, 5.41) is 0. The Morgan fingerprint density at radius 1 is 0.865 bits per heavy atom. The average molecular weight is 735 g/mol. The van der Waals surface area contributed by atoms with E-state index in [2.05, 4.69) is 40.7 Å². The summed E-state index contributed by atoms with van der Waals surface area (Å²) in [7, 11) is 1.86. The van der Waals surface area contributed by atoms with E-state index in [0.29, 0.717) is 12.5 Å². The van der Waals surface area contributed by atoms with Crippen molar-refractivity contribution in [2.24, 2.45) is 5.92 Å². The van der Waals surface area contributed by atoms with E-state index in [-0.39, 0.29) is 56.7 Å². The van der Waals surface area contributed by atoms with Crippen molar-refractivity contribution in [3.63, 3.8) is 0 Å². The number of para-hydroxylation sites is 1. The van der Waals surface area contributed by atoms with Crippen LogP contribution in [0.5, 0.6) is 5.75 Å². The van der Waals surface area contributed by atoms with Gasteiger partial charge >= 0.3 is 0 Å². The van der Waals surface area contributed by atoms with Gasteiger partial charge in [-0.15, -0.1) is 44.2 Å². The van der Waals surface area contributed by atoms with Crippen molar-refractivity contribution in [2.75, 3.05) is 6.61 Å². The Bertz CT molecular complexity index is 658.